The zero-order valence-corrected chi connectivity index (χ0v) is 11.6. The molecule has 0 aliphatic heterocycles. The first-order valence-electron chi connectivity index (χ1n) is 6.14. The molecule has 20 heavy (non-hydrogen) atoms. The molecule has 0 saturated heterocycles. The van der Waals surface area contributed by atoms with Gasteiger partial charge in [-0.2, -0.15) is 0 Å². The minimum Gasteiger partial charge on any atom is -0.370 e. The number of rotatable bonds is 2. The Kier molecular flexibility index (Phi) is 3.00. The number of carbonyl (C=O) groups is 2. The molecule has 4 heteroatoms. The first kappa shape index (κ1) is 13.1. The Morgan fingerprint density at radius 1 is 0.900 bits per heavy atom. The molecule has 0 saturated carbocycles. The van der Waals surface area contributed by atoms with E-state index in [2.05, 4.69) is 0 Å². The normalized spacial score (nSPS) is 16.3. The van der Waals surface area contributed by atoms with Crippen LogP contribution in [0.1, 0.15) is 26.3 Å². The predicted octanol–water partition coefficient (Wildman–Crippen LogP) is 2.68. The van der Waals surface area contributed by atoms with Crippen LogP contribution in [-0.4, -0.2) is 22.9 Å². The average molecular weight is 284 g/mol. The Labute approximate surface area is 120 Å². The molecule has 0 fully saturated rings. The van der Waals surface area contributed by atoms with Gasteiger partial charge in [-0.25, -0.2) is 0 Å². The van der Waals surface area contributed by atoms with Crippen molar-refractivity contribution >= 4 is 23.3 Å². The maximum absolute atomic E-state index is 12.4. The molecule has 0 aromatic heterocycles. The molecule has 3 rings (SSSR count). The molecule has 0 amide bonds. The number of thioether (sulfide) groups is 1. The minimum atomic E-state index is -2.08. The zero-order chi connectivity index (χ0) is 14.3. The summed E-state index contributed by atoms with van der Waals surface area (Å²) in [6.07, 6.45) is 1.94. The molecule has 3 nitrogen and oxygen atoms in total. The van der Waals surface area contributed by atoms with Gasteiger partial charge < -0.3 is 5.11 Å². The Bertz CT molecular complexity index is 669. The summed E-state index contributed by atoms with van der Waals surface area (Å²) in [5.74, 6) is -1.09. The summed E-state index contributed by atoms with van der Waals surface area (Å²) in [5.41, 5.74) is -1.19. The van der Waals surface area contributed by atoms with E-state index < -0.39 is 17.2 Å². The second kappa shape index (κ2) is 4.58. The molecule has 1 aliphatic carbocycles. The first-order chi connectivity index (χ1) is 9.59. The van der Waals surface area contributed by atoms with Crippen molar-refractivity contribution < 1.29 is 14.7 Å². The molecule has 0 spiro atoms. The van der Waals surface area contributed by atoms with Crippen LogP contribution in [0.2, 0.25) is 0 Å². The lowest BCUT2D eigenvalue weighted by Crippen LogP contribution is -2.37. The van der Waals surface area contributed by atoms with Crippen molar-refractivity contribution in [3.05, 3.63) is 65.2 Å². The van der Waals surface area contributed by atoms with Crippen LogP contribution in [0.5, 0.6) is 0 Å². The van der Waals surface area contributed by atoms with E-state index in [0.717, 1.165) is 4.90 Å². The topological polar surface area (TPSA) is 54.4 Å². The SMILES string of the molecule is CSc1ccc(C2(O)C(=O)c3ccccc3C2=O)cc1. The Morgan fingerprint density at radius 3 is 1.85 bits per heavy atom. The van der Waals surface area contributed by atoms with Crippen LogP contribution in [0.4, 0.5) is 0 Å². The summed E-state index contributed by atoms with van der Waals surface area (Å²) in [6, 6.07) is 13.4. The van der Waals surface area contributed by atoms with E-state index in [1.54, 1.807) is 60.3 Å². The fraction of sp³-hybridized carbons (Fsp3) is 0.125. The number of hydrogen-bond donors (Lipinski definition) is 1. The van der Waals surface area contributed by atoms with E-state index in [-0.39, 0.29) is 11.1 Å². The van der Waals surface area contributed by atoms with Gasteiger partial charge in [0.05, 0.1) is 0 Å². The van der Waals surface area contributed by atoms with Gasteiger partial charge in [0, 0.05) is 16.0 Å². The van der Waals surface area contributed by atoms with Crippen LogP contribution in [0, 0.1) is 0 Å². The van der Waals surface area contributed by atoms with E-state index in [4.69, 9.17) is 0 Å². The lowest BCUT2D eigenvalue weighted by Gasteiger charge is -2.19. The smallest absolute Gasteiger partial charge is 0.216 e. The summed E-state index contributed by atoms with van der Waals surface area (Å²) in [4.78, 5) is 25.8. The van der Waals surface area contributed by atoms with Gasteiger partial charge in [0.1, 0.15) is 0 Å². The standard InChI is InChI=1S/C16H12O3S/c1-20-11-8-6-10(7-9-11)16(19)14(17)12-4-2-3-5-13(12)15(16)18/h2-9,19H,1H3. The van der Waals surface area contributed by atoms with Crippen molar-refractivity contribution in [2.75, 3.05) is 6.26 Å². The number of fused-ring (bicyclic) bond motifs is 1. The van der Waals surface area contributed by atoms with Crippen LogP contribution < -0.4 is 0 Å². The zero-order valence-electron chi connectivity index (χ0n) is 10.8. The maximum Gasteiger partial charge on any atom is 0.216 e. The molecule has 1 aliphatic rings. The second-order valence-electron chi connectivity index (χ2n) is 4.64. The molecular formula is C16H12O3S. The molecule has 0 atom stereocenters. The highest BCUT2D eigenvalue weighted by Gasteiger charge is 2.52. The van der Waals surface area contributed by atoms with E-state index in [1.807, 2.05) is 6.26 Å². The first-order valence-corrected chi connectivity index (χ1v) is 7.37. The number of Topliss-reactive ketones (excluding diaryl/α,β-unsaturated/α-hetero) is 2. The Morgan fingerprint density at radius 2 is 1.40 bits per heavy atom. The number of benzene rings is 2. The third kappa shape index (κ3) is 1.65. The molecule has 0 radical (unpaired) electrons. The highest BCUT2D eigenvalue weighted by atomic mass is 32.2. The van der Waals surface area contributed by atoms with Crippen molar-refractivity contribution in [1.82, 2.24) is 0 Å². The average Bonchev–Trinajstić information content (AvgIpc) is 2.71. The summed E-state index contributed by atoms with van der Waals surface area (Å²) < 4.78 is 0. The summed E-state index contributed by atoms with van der Waals surface area (Å²) in [7, 11) is 0. The van der Waals surface area contributed by atoms with Gasteiger partial charge in [-0.3, -0.25) is 9.59 Å². The Balaban J connectivity index is 2.13. The number of hydrogen-bond acceptors (Lipinski definition) is 4. The molecule has 2 aromatic carbocycles. The van der Waals surface area contributed by atoms with Crippen molar-refractivity contribution in [2.24, 2.45) is 0 Å². The predicted molar refractivity (Wildman–Crippen MR) is 77.2 cm³/mol. The second-order valence-corrected chi connectivity index (χ2v) is 5.52. The minimum absolute atomic E-state index is 0.286. The molecule has 2 aromatic rings. The van der Waals surface area contributed by atoms with E-state index in [1.165, 1.54) is 0 Å². The summed E-state index contributed by atoms with van der Waals surface area (Å²) in [5, 5.41) is 10.7. The van der Waals surface area contributed by atoms with Gasteiger partial charge in [-0.15, -0.1) is 11.8 Å². The highest BCUT2D eigenvalue weighted by Crippen LogP contribution is 2.37. The quantitative estimate of drug-likeness (QED) is 0.680. The largest absolute Gasteiger partial charge is 0.370 e. The lowest BCUT2D eigenvalue weighted by molar-refractivity contribution is 0.0321. The molecule has 0 unspecified atom stereocenters. The fourth-order valence-corrected chi connectivity index (χ4v) is 2.87. The van der Waals surface area contributed by atoms with E-state index >= 15 is 0 Å². The van der Waals surface area contributed by atoms with Crippen LogP contribution in [-0.2, 0) is 5.60 Å². The van der Waals surface area contributed by atoms with Crippen LogP contribution in [0.15, 0.2) is 53.4 Å². The lowest BCUT2D eigenvalue weighted by atomic mass is 9.89. The number of aliphatic hydroxyl groups is 1. The summed E-state index contributed by atoms with van der Waals surface area (Å²) >= 11 is 1.56. The van der Waals surface area contributed by atoms with Gasteiger partial charge in [0.25, 0.3) is 0 Å². The van der Waals surface area contributed by atoms with Gasteiger partial charge in [-0.1, -0.05) is 36.4 Å². The van der Waals surface area contributed by atoms with Crippen molar-refractivity contribution in [2.45, 2.75) is 10.5 Å². The van der Waals surface area contributed by atoms with Crippen molar-refractivity contribution in [3.63, 3.8) is 0 Å². The molecule has 0 heterocycles. The molecular weight excluding hydrogens is 272 g/mol. The van der Waals surface area contributed by atoms with Crippen LogP contribution in [0.3, 0.4) is 0 Å². The maximum atomic E-state index is 12.4. The number of carbonyl (C=O) groups excluding carboxylic acids is 2. The fourth-order valence-electron chi connectivity index (χ4n) is 2.47. The van der Waals surface area contributed by atoms with E-state index in [9.17, 15) is 14.7 Å². The van der Waals surface area contributed by atoms with Crippen LogP contribution >= 0.6 is 11.8 Å². The summed E-state index contributed by atoms with van der Waals surface area (Å²) in [6.45, 7) is 0. The van der Waals surface area contributed by atoms with E-state index in [0.29, 0.717) is 5.56 Å². The molecule has 1 N–H and O–H groups in total. The third-order valence-electron chi connectivity index (χ3n) is 3.58. The van der Waals surface area contributed by atoms with Gasteiger partial charge in [0.2, 0.25) is 17.2 Å². The van der Waals surface area contributed by atoms with Gasteiger partial charge >= 0.3 is 0 Å². The Hall–Kier alpha value is -1.91. The molecule has 0 bridgehead atoms. The highest BCUT2D eigenvalue weighted by molar-refractivity contribution is 7.98. The number of ketones is 2. The van der Waals surface area contributed by atoms with Crippen molar-refractivity contribution in [3.8, 4) is 0 Å². The van der Waals surface area contributed by atoms with Crippen molar-refractivity contribution in [1.29, 1.82) is 0 Å². The van der Waals surface area contributed by atoms with Crippen LogP contribution in [0.25, 0.3) is 0 Å². The monoisotopic (exact) mass is 284 g/mol. The van der Waals surface area contributed by atoms with Gasteiger partial charge in [0.15, 0.2) is 0 Å². The molecule has 100 valence electrons. The van der Waals surface area contributed by atoms with Gasteiger partial charge in [-0.05, 0) is 24.0 Å². The third-order valence-corrected chi connectivity index (χ3v) is 4.32.